The summed E-state index contributed by atoms with van der Waals surface area (Å²) in [7, 11) is 0. The quantitative estimate of drug-likeness (QED) is 0.447. The van der Waals surface area contributed by atoms with Crippen molar-refractivity contribution in [2.45, 2.75) is 39.2 Å². The van der Waals surface area contributed by atoms with Gasteiger partial charge in [0.05, 0.1) is 13.2 Å². The lowest BCUT2D eigenvalue weighted by Gasteiger charge is -2.34. The minimum absolute atomic E-state index is 0.111. The van der Waals surface area contributed by atoms with E-state index in [0.29, 0.717) is 18.8 Å². The zero-order valence-corrected chi connectivity index (χ0v) is 16.3. The van der Waals surface area contributed by atoms with Gasteiger partial charge < -0.3 is 9.47 Å². The summed E-state index contributed by atoms with van der Waals surface area (Å²) in [6.07, 6.45) is 0.343. The lowest BCUT2D eigenvalue weighted by Crippen LogP contribution is -2.40. The van der Waals surface area contributed by atoms with Gasteiger partial charge in [-0.1, -0.05) is 74.5 Å². The maximum absolute atomic E-state index is 13.6. The molecule has 0 bridgehead atoms. The first kappa shape index (κ1) is 20.8. The van der Waals surface area contributed by atoms with E-state index in [1.54, 1.807) is 19.1 Å². The normalized spacial score (nSPS) is 13.2. The van der Waals surface area contributed by atoms with E-state index >= 15 is 0 Å². The number of benzene rings is 2. The van der Waals surface area contributed by atoms with Crippen molar-refractivity contribution in [1.29, 1.82) is 0 Å². The highest BCUT2D eigenvalue weighted by molar-refractivity contribution is 6.03. The van der Waals surface area contributed by atoms with Gasteiger partial charge in [-0.15, -0.1) is 0 Å². The number of hydrogen-bond acceptors (Lipinski definition) is 4. The molecule has 4 heteroatoms. The predicted molar refractivity (Wildman–Crippen MR) is 106 cm³/mol. The largest absolute Gasteiger partial charge is 0.466 e. The van der Waals surface area contributed by atoms with Crippen molar-refractivity contribution in [1.82, 2.24) is 0 Å². The first-order valence-electron chi connectivity index (χ1n) is 9.44. The smallest absolute Gasteiger partial charge is 0.305 e. The van der Waals surface area contributed by atoms with Crippen LogP contribution >= 0.6 is 0 Å². The molecule has 0 fully saturated rings. The summed E-state index contributed by atoms with van der Waals surface area (Å²) in [5, 5.41) is 0. The Labute approximate surface area is 161 Å². The van der Waals surface area contributed by atoms with E-state index in [0.717, 1.165) is 5.56 Å². The first-order valence-corrected chi connectivity index (χ1v) is 9.44. The Kier molecular flexibility index (Phi) is 7.74. The van der Waals surface area contributed by atoms with Crippen molar-refractivity contribution >= 4 is 11.8 Å². The van der Waals surface area contributed by atoms with Crippen molar-refractivity contribution in [2.75, 3.05) is 13.2 Å². The van der Waals surface area contributed by atoms with Gasteiger partial charge in [0.1, 0.15) is 0 Å². The molecule has 0 N–H and O–H groups in total. The molecule has 0 heterocycles. The number of ketones is 1. The molecule has 1 atom stereocenters. The molecular formula is C23H28O4. The van der Waals surface area contributed by atoms with Crippen LogP contribution < -0.4 is 0 Å². The second-order valence-corrected chi connectivity index (χ2v) is 6.90. The van der Waals surface area contributed by atoms with Crippen LogP contribution in [0.25, 0.3) is 0 Å². The topological polar surface area (TPSA) is 52.6 Å². The standard InChI is InChI=1S/C23H28O4/c1-4-26-21(24)15-16-23(27-17-18(2)3,20-13-9-6-10-14-20)22(25)19-11-7-5-8-12-19/h5-14,18H,4,15-17H2,1-3H3. The van der Waals surface area contributed by atoms with E-state index in [4.69, 9.17) is 9.47 Å². The molecule has 0 aliphatic carbocycles. The van der Waals surface area contributed by atoms with Gasteiger partial charge in [0.2, 0.25) is 0 Å². The van der Waals surface area contributed by atoms with E-state index in [-0.39, 0.29) is 30.5 Å². The van der Waals surface area contributed by atoms with Crippen LogP contribution in [0, 0.1) is 5.92 Å². The van der Waals surface area contributed by atoms with Gasteiger partial charge in [-0.25, -0.2) is 0 Å². The summed E-state index contributed by atoms with van der Waals surface area (Å²) >= 11 is 0. The molecule has 0 aromatic heterocycles. The van der Waals surface area contributed by atoms with E-state index in [2.05, 4.69) is 0 Å². The van der Waals surface area contributed by atoms with Gasteiger partial charge in [-0.2, -0.15) is 0 Å². The SMILES string of the molecule is CCOC(=O)CCC(OCC(C)C)(C(=O)c1ccccc1)c1ccccc1. The monoisotopic (exact) mass is 368 g/mol. The number of carbonyl (C=O) groups excluding carboxylic acids is 2. The second kappa shape index (κ2) is 10.0. The van der Waals surface area contributed by atoms with Crippen LogP contribution in [0.3, 0.4) is 0 Å². The highest BCUT2D eigenvalue weighted by Crippen LogP contribution is 2.35. The molecular weight excluding hydrogens is 340 g/mol. The molecule has 4 nitrogen and oxygen atoms in total. The average Bonchev–Trinajstić information content (AvgIpc) is 2.69. The van der Waals surface area contributed by atoms with Gasteiger partial charge in [0, 0.05) is 12.0 Å². The van der Waals surface area contributed by atoms with E-state index in [9.17, 15) is 9.59 Å². The molecule has 0 amide bonds. The number of hydrogen-bond donors (Lipinski definition) is 0. The summed E-state index contributed by atoms with van der Waals surface area (Å²) < 4.78 is 11.3. The molecule has 2 aromatic rings. The van der Waals surface area contributed by atoms with Crippen LogP contribution in [-0.2, 0) is 19.9 Å². The fraction of sp³-hybridized carbons (Fsp3) is 0.391. The van der Waals surface area contributed by atoms with Gasteiger partial charge in [0.25, 0.3) is 0 Å². The zero-order chi connectivity index (χ0) is 19.7. The molecule has 144 valence electrons. The van der Waals surface area contributed by atoms with Crippen molar-refractivity contribution in [2.24, 2.45) is 5.92 Å². The Morgan fingerprint density at radius 3 is 2.11 bits per heavy atom. The number of esters is 1. The third kappa shape index (κ3) is 5.51. The van der Waals surface area contributed by atoms with Gasteiger partial charge in [0.15, 0.2) is 11.4 Å². The maximum atomic E-state index is 13.6. The molecule has 0 aliphatic rings. The predicted octanol–water partition coefficient (Wildman–Crippen LogP) is 4.78. The Morgan fingerprint density at radius 2 is 1.56 bits per heavy atom. The van der Waals surface area contributed by atoms with Crippen molar-refractivity contribution < 1.29 is 19.1 Å². The lowest BCUT2D eigenvalue weighted by molar-refractivity contribution is -0.144. The number of carbonyl (C=O) groups is 2. The summed E-state index contributed by atoms with van der Waals surface area (Å²) in [6, 6.07) is 18.5. The third-order valence-corrected chi connectivity index (χ3v) is 4.29. The van der Waals surface area contributed by atoms with Gasteiger partial charge >= 0.3 is 5.97 Å². The first-order chi connectivity index (χ1) is 13.0. The van der Waals surface area contributed by atoms with E-state index < -0.39 is 5.60 Å². The molecule has 27 heavy (non-hydrogen) atoms. The van der Waals surface area contributed by atoms with Gasteiger partial charge in [-0.05, 0) is 24.8 Å². The third-order valence-electron chi connectivity index (χ3n) is 4.29. The molecule has 2 aromatic carbocycles. The molecule has 0 radical (unpaired) electrons. The molecule has 0 saturated heterocycles. The maximum Gasteiger partial charge on any atom is 0.305 e. The number of rotatable bonds is 10. The van der Waals surface area contributed by atoms with Crippen LogP contribution in [0.4, 0.5) is 0 Å². The van der Waals surface area contributed by atoms with Crippen molar-refractivity contribution in [3.05, 3.63) is 71.8 Å². The number of Topliss-reactive ketones (excluding diaryl/α,β-unsaturated/α-hetero) is 1. The van der Waals surface area contributed by atoms with Crippen LogP contribution in [0.2, 0.25) is 0 Å². The molecule has 2 rings (SSSR count). The van der Waals surface area contributed by atoms with Crippen LogP contribution in [0.5, 0.6) is 0 Å². The van der Waals surface area contributed by atoms with Crippen LogP contribution in [0.1, 0.15) is 49.5 Å². The van der Waals surface area contributed by atoms with Gasteiger partial charge in [-0.3, -0.25) is 9.59 Å². The highest BCUT2D eigenvalue weighted by atomic mass is 16.5. The zero-order valence-electron chi connectivity index (χ0n) is 16.3. The fourth-order valence-corrected chi connectivity index (χ4v) is 2.96. The molecule has 1 unspecified atom stereocenters. The average molecular weight is 368 g/mol. The van der Waals surface area contributed by atoms with Crippen LogP contribution in [-0.4, -0.2) is 25.0 Å². The Balaban J connectivity index is 2.47. The van der Waals surface area contributed by atoms with E-state index in [1.807, 2.05) is 62.4 Å². The van der Waals surface area contributed by atoms with Crippen LogP contribution in [0.15, 0.2) is 60.7 Å². The number of ether oxygens (including phenoxy) is 2. The minimum Gasteiger partial charge on any atom is -0.466 e. The Morgan fingerprint density at radius 1 is 0.963 bits per heavy atom. The molecule has 0 spiro atoms. The second-order valence-electron chi connectivity index (χ2n) is 6.90. The summed E-state index contributed by atoms with van der Waals surface area (Å²) in [4.78, 5) is 25.6. The Bertz CT molecular complexity index is 725. The fourth-order valence-electron chi connectivity index (χ4n) is 2.96. The minimum atomic E-state index is -1.22. The summed E-state index contributed by atoms with van der Waals surface area (Å²) in [6.45, 7) is 6.57. The van der Waals surface area contributed by atoms with E-state index in [1.165, 1.54) is 0 Å². The lowest BCUT2D eigenvalue weighted by atomic mass is 9.81. The van der Waals surface area contributed by atoms with Crippen molar-refractivity contribution in [3.8, 4) is 0 Å². The highest BCUT2D eigenvalue weighted by Gasteiger charge is 2.42. The summed E-state index contributed by atoms with van der Waals surface area (Å²) in [5.74, 6) is -0.217. The van der Waals surface area contributed by atoms with Crippen molar-refractivity contribution in [3.63, 3.8) is 0 Å². The Hall–Kier alpha value is -2.46. The molecule has 0 aliphatic heterocycles. The summed E-state index contributed by atoms with van der Waals surface area (Å²) in [5.41, 5.74) is 0.0948. The molecule has 0 saturated carbocycles.